The first kappa shape index (κ1) is 18.6. The Morgan fingerprint density at radius 3 is 2.44 bits per heavy atom. The maximum Gasteiger partial charge on any atom is 0.165 e. The van der Waals surface area contributed by atoms with Crippen molar-refractivity contribution in [1.29, 1.82) is 0 Å². The number of hydrogen-bond donors (Lipinski definition) is 0. The van der Waals surface area contributed by atoms with Crippen LogP contribution in [0.2, 0.25) is 0 Å². The van der Waals surface area contributed by atoms with Crippen LogP contribution in [0.25, 0.3) is 11.3 Å². The monoisotopic (exact) mass is 364 g/mol. The highest BCUT2D eigenvalue weighted by molar-refractivity contribution is 6.00. The Labute approximate surface area is 158 Å². The highest BCUT2D eigenvalue weighted by Gasteiger charge is 2.05. The van der Waals surface area contributed by atoms with Gasteiger partial charge in [0.1, 0.15) is 6.61 Å². The van der Waals surface area contributed by atoms with Crippen molar-refractivity contribution in [3.05, 3.63) is 84.3 Å². The Morgan fingerprint density at radius 1 is 0.963 bits per heavy atom. The van der Waals surface area contributed by atoms with Gasteiger partial charge >= 0.3 is 0 Å². The van der Waals surface area contributed by atoms with E-state index in [0.717, 1.165) is 29.0 Å². The fourth-order valence-electron chi connectivity index (χ4n) is 2.56. The van der Waals surface area contributed by atoms with Crippen molar-refractivity contribution in [2.75, 3.05) is 13.2 Å². The molecule has 0 aliphatic carbocycles. The van der Waals surface area contributed by atoms with Gasteiger partial charge in [-0.05, 0) is 36.2 Å². The first-order valence-corrected chi connectivity index (χ1v) is 8.86. The van der Waals surface area contributed by atoms with Crippen LogP contribution in [0.3, 0.4) is 0 Å². The van der Waals surface area contributed by atoms with E-state index in [1.54, 1.807) is 24.4 Å². The van der Waals surface area contributed by atoms with Gasteiger partial charge in [-0.15, -0.1) is 0 Å². The quantitative estimate of drug-likeness (QED) is 0.317. The van der Waals surface area contributed by atoms with E-state index in [2.05, 4.69) is 10.1 Å². The van der Waals surface area contributed by atoms with Gasteiger partial charge in [-0.1, -0.05) is 54.5 Å². The molecule has 0 fully saturated rings. The first-order valence-electron chi connectivity index (χ1n) is 8.86. The SMILES string of the molecule is CCC(=NOCCOc1ccccc1F)c1ccc(-c2ccccn2)cc1. The molecule has 0 saturated carbocycles. The number of para-hydroxylation sites is 1. The molecule has 0 unspecified atom stereocenters. The number of halogens is 1. The third-order valence-corrected chi connectivity index (χ3v) is 3.96. The van der Waals surface area contributed by atoms with E-state index in [1.165, 1.54) is 6.07 Å². The fourth-order valence-corrected chi connectivity index (χ4v) is 2.56. The highest BCUT2D eigenvalue weighted by atomic mass is 19.1. The predicted octanol–water partition coefficient (Wildman–Crippen LogP) is 5.10. The van der Waals surface area contributed by atoms with Gasteiger partial charge in [-0.2, -0.15) is 0 Å². The van der Waals surface area contributed by atoms with E-state index in [0.29, 0.717) is 0 Å². The molecule has 4 nitrogen and oxygen atoms in total. The van der Waals surface area contributed by atoms with E-state index in [-0.39, 0.29) is 24.8 Å². The molecular weight excluding hydrogens is 343 g/mol. The van der Waals surface area contributed by atoms with Crippen molar-refractivity contribution in [1.82, 2.24) is 4.98 Å². The lowest BCUT2D eigenvalue weighted by Gasteiger charge is -2.08. The third kappa shape index (κ3) is 5.14. The predicted molar refractivity (Wildman–Crippen MR) is 104 cm³/mol. The molecule has 1 aromatic heterocycles. The van der Waals surface area contributed by atoms with Crippen LogP contribution in [-0.2, 0) is 4.84 Å². The molecule has 2 aromatic carbocycles. The Kier molecular flexibility index (Phi) is 6.52. The number of rotatable bonds is 8. The molecule has 0 radical (unpaired) electrons. The first-order chi connectivity index (χ1) is 13.3. The summed E-state index contributed by atoms with van der Waals surface area (Å²) < 4.78 is 18.8. The van der Waals surface area contributed by atoms with Crippen LogP contribution in [0, 0.1) is 5.82 Å². The number of ether oxygens (including phenoxy) is 1. The van der Waals surface area contributed by atoms with Gasteiger partial charge in [0.15, 0.2) is 18.2 Å². The normalized spacial score (nSPS) is 11.3. The lowest BCUT2D eigenvalue weighted by Crippen LogP contribution is -2.07. The largest absolute Gasteiger partial charge is 0.487 e. The van der Waals surface area contributed by atoms with Gasteiger partial charge in [0.05, 0.1) is 11.4 Å². The fraction of sp³-hybridized carbons (Fsp3) is 0.182. The molecule has 3 rings (SSSR count). The van der Waals surface area contributed by atoms with Gasteiger partial charge in [0.25, 0.3) is 0 Å². The molecule has 0 saturated heterocycles. The minimum Gasteiger partial charge on any atom is -0.487 e. The molecule has 3 aromatic rings. The maximum atomic E-state index is 13.5. The average Bonchev–Trinajstić information content (AvgIpc) is 2.73. The summed E-state index contributed by atoms with van der Waals surface area (Å²) in [5.41, 5.74) is 3.82. The lowest BCUT2D eigenvalue weighted by atomic mass is 10.0. The summed E-state index contributed by atoms with van der Waals surface area (Å²) in [7, 11) is 0. The summed E-state index contributed by atoms with van der Waals surface area (Å²) in [6.07, 6.45) is 2.51. The van der Waals surface area contributed by atoms with E-state index >= 15 is 0 Å². The second-order valence-electron chi connectivity index (χ2n) is 5.80. The van der Waals surface area contributed by atoms with Gasteiger partial charge in [0.2, 0.25) is 0 Å². The van der Waals surface area contributed by atoms with Gasteiger partial charge in [0, 0.05) is 11.8 Å². The second-order valence-corrected chi connectivity index (χ2v) is 5.80. The summed E-state index contributed by atoms with van der Waals surface area (Å²) in [6, 6.07) is 20.2. The summed E-state index contributed by atoms with van der Waals surface area (Å²) in [4.78, 5) is 9.70. The van der Waals surface area contributed by atoms with Crippen LogP contribution in [-0.4, -0.2) is 23.9 Å². The van der Waals surface area contributed by atoms with Gasteiger partial charge in [-0.3, -0.25) is 4.98 Å². The molecule has 1 heterocycles. The van der Waals surface area contributed by atoms with Crippen LogP contribution in [0.15, 0.2) is 78.1 Å². The zero-order valence-corrected chi connectivity index (χ0v) is 15.1. The Bertz CT molecular complexity index is 880. The second kappa shape index (κ2) is 9.48. The van der Waals surface area contributed by atoms with Crippen molar-refractivity contribution < 1.29 is 14.0 Å². The van der Waals surface area contributed by atoms with E-state index in [9.17, 15) is 4.39 Å². The van der Waals surface area contributed by atoms with Gasteiger partial charge < -0.3 is 9.57 Å². The topological polar surface area (TPSA) is 43.7 Å². The molecule has 0 aliphatic heterocycles. The Morgan fingerprint density at radius 2 is 1.74 bits per heavy atom. The molecule has 0 atom stereocenters. The van der Waals surface area contributed by atoms with E-state index in [1.807, 2.05) is 49.4 Å². The molecule has 0 aliphatic rings. The van der Waals surface area contributed by atoms with Crippen LogP contribution in [0.4, 0.5) is 4.39 Å². The van der Waals surface area contributed by atoms with E-state index < -0.39 is 0 Å². The number of benzene rings is 2. The van der Waals surface area contributed by atoms with Crippen LogP contribution >= 0.6 is 0 Å². The molecule has 0 bridgehead atoms. The number of oxime groups is 1. The summed E-state index contributed by atoms with van der Waals surface area (Å²) in [5, 5.41) is 4.20. The highest BCUT2D eigenvalue weighted by Crippen LogP contribution is 2.18. The van der Waals surface area contributed by atoms with Crippen molar-refractivity contribution >= 4 is 5.71 Å². The lowest BCUT2D eigenvalue weighted by molar-refractivity contribution is 0.105. The molecule has 0 amide bonds. The number of aromatic nitrogens is 1. The van der Waals surface area contributed by atoms with Crippen molar-refractivity contribution in [3.63, 3.8) is 0 Å². The molecule has 27 heavy (non-hydrogen) atoms. The number of pyridine rings is 1. The molecular formula is C22H21FN2O2. The Balaban J connectivity index is 1.55. The summed E-state index contributed by atoms with van der Waals surface area (Å²) in [5.74, 6) is -0.172. The average molecular weight is 364 g/mol. The van der Waals surface area contributed by atoms with Crippen LogP contribution < -0.4 is 4.74 Å². The Hall–Kier alpha value is -3.21. The maximum absolute atomic E-state index is 13.5. The van der Waals surface area contributed by atoms with Gasteiger partial charge in [-0.25, -0.2) is 4.39 Å². The molecule has 138 valence electrons. The number of hydrogen-bond acceptors (Lipinski definition) is 4. The molecule has 0 spiro atoms. The molecule has 0 N–H and O–H groups in total. The number of nitrogens with zero attached hydrogens (tertiary/aromatic N) is 2. The molecule has 5 heteroatoms. The standard InChI is InChI=1S/C22H21FN2O2/c1-2-20(25-27-16-15-26-22-9-4-3-7-19(22)23)17-10-12-18(13-11-17)21-8-5-6-14-24-21/h3-14H,2,15-16H2,1H3. The van der Waals surface area contributed by atoms with Crippen molar-refractivity contribution in [2.45, 2.75) is 13.3 Å². The van der Waals surface area contributed by atoms with Crippen molar-refractivity contribution in [2.24, 2.45) is 5.16 Å². The zero-order chi connectivity index (χ0) is 18.9. The third-order valence-electron chi connectivity index (χ3n) is 3.96. The smallest absolute Gasteiger partial charge is 0.165 e. The minimum absolute atomic E-state index is 0.214. The van der Waals surface area contributed by atoms with Crippen LogP contribution in [0.5, 0.6) is 5.75 Å². The summed E-state index contributed by atoms with van der Waals surface area (Å²) >= 11 is 0. The summed E-state index contributed by atoms with van der Waals surface area (Å²) in [6.45, 7) is 2.48. The zero-order valence-electron chi connectivity index (χ0n) is 15.1. The van der Waals surface area contributed by atoms with Crippen LogP contribution in [0.1, 0.15) is 18.9 Å². The minimum atomic E-state index is -0.386. The van der Waals surface area contributed by atoms with E-state index in [4.69, 9.17) is 9.57 Å². The van der Waals surface area contributed by atoms with Crippen molar-refractivity contribution in [3.8, 4) is 17.0 Å².